The summed E-state index contributed by atoms with van der Waals surface area (Å²) in [5.41, 5.74) is 0.999. The highest BCUT2D eigenvalue weighted by atomic mass is 32.2. The molecule has 2 rings (SSSR count). The predicted molar refractivity (Wildman–Crippen MR) is 77.8 cm³/mol. The molecule has 1 amide bonds. The van der Waals surface area contributed by atoms with E-state index in [1.165, 1.54) is 11.3 Å². The Labute approximate surface area is 121 Å². The van der Waals surface area contributed by atoms with Crippen LogP contribution in [-0.4, -0.2) is 31.9 Å². The third-order valence-corrected chi connectivity index (χ3v) is 5.84. The van der Waals surface area contributed by atoms with E-state index in [0.717, 1.165) is 10.4 Å². The van der Waals surface area contributed by atoms with Gasteiger partial charge in [-0.25, -0.2) is 8.42 Å². The van der Waals surface area contributed by atoms with E-state index >= 15 is 0 Å². The maximum atomic E-state index is 12.0. The molecule has 1 atom stereocenters. The molecule has 0 saturated carbocycles. The van der Waals surface area contributed by atoms with Crippen molar-refractivity contribution in [3.63, 3.8) is 0 Å². The second-order valence-electron chi connectivity index (χ2n) is 4.71. The average Bonchev–Trinajstić information content (AvgIpc) is 2.92. The number of hydrogen-bond donors (Lipinski definition) is 1. The summed E-state index contributed by atoms with van der Waals surface area (Å²) in [6.45, 7) is 1.90. The van der Waals surface area contributed by atoms with E-state index in [4.69, 9.17) is 5.26 Å². The third kappa shape index (κ3) is 3.46. The first-order valence-electron chi connectivity index (χ1n) is 6.08. The summed E-state index contributed by atoms with van der Waals surface area (Å²) in [6.07, 6.45) is 1.95. The van der Waals surface area contributed by atoms with Gasteiger partial charge in [0.25, 0.3) is 5.91 Å². The van der Waals surface area contributed by atoms with Crippen LogP contribution in [0.5, 0.6) is 0 Å². The van der Waals surface area contributed by atoms with Gasteiger partial charge in [-0.1, -0.05) is 0 Å². The Morgan fingerprint density at radius 3 is 2.85 bits per heavy atom. The lowest BCUT2D eigenvalue weighted by molar-refractivity contribution is -0.117. The number of aryl methyl sites for hydroxylation is 1. The number of nitrogens with one attached hydrogen (secondary N) is 1. The van der Waals surface area contributed by atoms with Crippen molar-refractivity contribution in [3.05, 3.63) is 27.5 Å². The second kappa shape index (κ2) is 5.77. The molecule has 1 N–H and O–H groups in total. The molecular weight excluding hydrogens is 296 g/mol. The van der Waals surface area contributed by atoms with E-state index < -0.39 is 21.8 Å². The van der Waals surface area contributed by atoms with Crippen LogP contribution < -0.4 is 5.32 Å². The fourth-order valence-corrected chi connectivity index (χ4v) is 4.52. The topological polar surface area (TPSA) is 87.0 Å². The fourth-order valence-electron chi connectivity index (χ4n) is 1.98. The molecule has 0 unspecified atom stereocenters. The van der Waals surface area contributed by atoms with Gasteiger partial charge in [0.2, 0.25) is 0 Å². The summed E-state index contributed by atoms with van der Waals surface area (Å²) in [6, 6.07) is 3.38. The molecule has 7 heteroatoms. The zero-order valence-corrected chi connectivity index (χ0v) is 12.6. The maximum absolute atomic E-state index is 12.0. The minimum Gasteiger partial charge on any atom is -0.348 e. The van der Waals surface area contributed by atoms with Crippen LogP contribution in [0.4, 0.5) is 0 Å². The highest BCUT2D eigenvalue weighted by Gasteiger charge is 2.29. The zero-order chi connectivity index (χ0) is 14.8. The highest BCUT2D eigenvalue weighted by Crippen LogP contribution is 2.19. The van der Waals surface area contributed by atoms with Gasteiger partial charge in [0.15, 0.2) is 9.84 Å². The molecule has 2 heterocycles. The number of rotatable bonds is 3. The largest absolute Gasteiger partial charge is 0.348 e. The molecule has 5 nitrogen and oxygen atoms in total. The van der Waals surface area contributed by atoms with Gasteiger partial charge in [-0.2, -0.15) is 5.26 Å². The molecule has 1 aromatic heterocycles. The summed E-state index contributed by atoms with van der Waals surface area (Å²) in [5.74, 6) is -0.467. The van der Waals surface area contributed by atoms with E-state index in [9.17, 15) is 13.2 Å². The SMILES string of the molecule is Cc1ccsc1/C=C(\C#N)C(=O)N[C@H]1CCS(=O)(=O)C1. The molecule has 20 heavy (non-hydrogen) atoms. The Kier molecular flexibility index (Phi) is 4.26. The minimum absolute atomic E-state index is 0.000141. The van der Waals surface area contributed by atoms with Gasteiger partial charge in [0.1, 0.15) is 11.6 Å². The summed E-state index contributed by atoms with van der Waals surface area (Å²) in [7, 11) is -3.05. The lowest BCUT2D eigenvalue weighted by Crippen LogP contribution is -2.36. The van der Waals surface area contributed by atoms with Crippen molar-refractivity contribution < 1.29 is 13.2 Å². The first-order chi connectivity index (χ1) is 9.41. The van der Waals surface area contributed by atoms with Crippen molar-refractivity contribution >= 4 is 33.2 Å². The molecule has 0 radical (unpaired) electrons. The molecule has 0 spiro atoms. The van der Waals surface area contributed by atoms with Crippen molar-refractivity contribution in [1.29, 1.82) is 5.26 Å². The summed E-state index contributed by atoms with van der Waals surface area (Å²) in [5, 5.41) is 13.6. The third-order valence-electron chi connectivity index (χ3n) is 3.11. The van der Waals surface area contributed by atoms with Gasteiger partial charge >= 0.3 is 0 Å². The molecule has 1 aromatic rings. The lowest BCUT2D eigenvalue weighted by atomic mass is 10.1. The summed E-state index contributed by atoms with van der Waals surface area (Å²) in [4.78, 5) is 12.8. The number of hydrogen-bond acceptors (Lipinski definition) is 5. The van der Waals surface area contributed by atoms with Gasteiger partial charge in [-0.15, -0.1) is 11.3 Å². The predicted octanol–water partition coefficient (Wildman–Crippen LogP) is 1.27. The number of nitrogens with zero attached hydrogens (tertiary/aromatic N) is 1. The number of amides is 1. The number of sulfone groups is 1. The van der Waals surface area contributed by atoms with Crippen molar-refractivity contribution in [3.8, 4) is 6.07 Å². The van der Waals surface area contributed by atoms with Gasteiger partial charge in [-0.3, -0.25) is 4.79 Å². The molecule has 1 fully saturated rings. The van der Waals surface area contributed by atoms with Crippen LogP contribution in [0.1, 0.15) is 16.9 Å². The molecule has 0 aromatic carbocycles. The fraction of sp³-hybridized carbons (Fsp3) is 0.385. The van der Waals surface area contributed by atoms with E-state index in [-0.39, 0.29) is 17.1 Å². The first-order valence-corrected chi connectivity index (χ1v) is 8.78. The summed E-state index contributed by atoms with van der Waals surface area (Å²) < 4.78 is 22.7. The second-order valence-corrected chi connectivity index (χ2v) is 7.89. The lowest BCUT2D eigenvalue weighted by Gasteiger charge is -2.09. The Bertz CT molecular complexity index is 695. The van der Waals surface area contributed by atoms with Crippen LogP contribution in [0.15, 0.2) is 17.0 Å². The van der Waals surface area contributed by atoms with Crippen LogP contribution in [-0.2, 0) is 14.6 Å². The quantitative estimate of drug-likeness (QED) is 0.672. The van der Waals surface area contributed by atoms with Crippen molar-refractivity contribution in [2.24, 2.45) is 0 Å². The zero-order valence-electron chi connectivity index (χ0n) is 10.9. The van der Waals surface area contributed by atoms with Crippen molar-refractivity contribution in [1.82, 2.24) is 5.32 Å². The van der Waals surface area contributed by atoms with Crippen LogP contribution in [0.2, 0.25) is 0 Å². The van der Waals surface area contributed by atoms with Crippen LogP contribution in [0.3, 0.4) is 0 Å². The van der Waals surface area contributed by atoms with Crippen molar-refractivity contribution in [2.75, 3.05) is 11.5 Å². The standard InChI is InChI=1S/C13H14N2O3S2/c1-9-2-4-19-12(9)6-10(7-14)13(16)15-11-3-5-20(17,18)8-11/h2,4,6,11H,3,5,8H2,1H3,(H,15,16)/b10-6+/t11-/m0/s1. The number of thiophene rings is 1. The molecule has 106 valence electrons. The highest BCUT2D eigenvalue weighted by molar-refractivity contribution is 7.91. The summed E-state index contributed by atoms with van der Waals surface area (Å²) >= 11 is 1.45. The molecule has 1 aliphatic rings. The van der Waals surface area contributed by atoms with Gasteiger partial charge in [0, 0.05) is 10.9 Å². The first kappa shape index (κ1) is 14.8. The molecule has 1 saturated heterocycles. The molecule has 0 bridgehead atoms. The van der Waals surface area contributed by atoms with Gasteiger partial charge < -0.3 is 5.32 Å². The normalized spacial score (nSPS) is 21.4. The van der Waals surface area contributed by atoms with E-state index in [2.05, 4.69) is 5.32 Å². The van der Waals surface area contributed by atoms with Gasteiger partial charge in [0.05, 0.1) is 11.5 Å². The van der Waals surface area contributed by atoms with Crippen LogP contribution >= 0.6 is 11.3 Å². The minimum atomic E-state index is -3.05. The Morgan fingerprint density at radius 2 is 2.35 bits per heavy atom. The molecular formula is C13H14N2O3S2. The Hall–Kier alpha value is -1.65. The van der Waals surface area contributed by atoms with Crippen LogP contribution in [0, 0.1) is 18.3 Å². The van der Waals surface area contributed by atoms with E-state index in [0.29, 0.717) is 6.42 Å². The van der Waals surface area contributed by atoms with E-state index in [1.807, 2.05) is 24.4 Å². The number of carbonyl (C=O) groups is 1. The molecule has 0 aliphatic carbocycles. The van der Waals surface area contributed by atoms with E-state index in [1.54, 1.807) is 6.08 Å². The molecule has 1 aliphatic heterocycles. The van der Waals surface area contributed by atoms with Crippen molar-refractivity contribution in [2.45, 2.75) is 19.4 Å². The number of nitriles is 1. The van der Waals surface area contributed by atoms with Gasteiger partial charge in [-0.05, 0) is 36.4 Å². The number of carbonyl (C=O) groups excluding carboxylic acids is 1. The smallest absolute Gasteiger partial charge is 0.262 e. The Morgan fingerprint density at radius 1 is 1.60 bits per heavy atom. The average molecular weight is 310 g/mol. The maximum Gasteiger partial charge on any atom is 0.262 e. The van der Waals surface area contributed by atoms with Crippen LogP contribution in [0.25, 0.3) is 6.08 Å². The monoisotopic (exact) mass is 310 g/mol. The Balaban J connectivity index is 2.10.